The highest BCUT2D eigenvalue weighted by molar-refractivity contribution is 7.74. The summed E-state index contributed by atoms with van der Waals surface area (Å²) in [4.78, 5) is 23.3. The van der Waals surface area contributed by atoms with Crippen LogP contribution in [0.1, 0.15) is 0 Å². The fraction of sp³-hybridized carbons (Fsp3) is 0.333. The maximum atomic E-state index is 10.8. The number of rotatable bonds is 4. The van der Waals surface area contributed by atoms with E-state index in [9.17, 15) is 9.13 Å². The molecule has 0 aromatic rings. The van der Waals surface area contributed by atoms with E-state index in [0.717, 1.165) is 0 Å². The summed E-state index contributed by atoms with van der Waals surface area (Å²) in [5.41, 5.74) is 0. The van der Waals surface area contributed by atoms with Crippen LogP contribution in [0.15, 0.2) is 12.8 Å². The molecule has 0 aromatic carbocycles. The summed E-state index contributed by atoms with van der Waals surface area (Å²) < 4.78 is 25.1. The minimum absolute atomic E-state index is 0.589. The second-order valence-corrected chi connectivity index (χ2v) is 6.74. The first-order chi connectivity index (χ1) is 5.22. The van der Waals surface area contributed by atoms with Gasteiger partial charge in [-0.25, -0.2) is 4.57 Å². The molecule has 72 valence electrons. The highest BCUT2D eigenvalue weighted by Crippen LogP contribution is 2.64. The zero-order chi connectivity index (χ0) is 9.99. The van der Waals surface area contributed by atoms with Crippen LogP contribution in [0.4, 0.5) is 0 Å². The molecule has 0 saturated carbocycles. The molecule has 0 spiro atoms. The van der Waals surface area contributed by atoms with Gasteiger partial charge in [-0.1, -0.05) is 18.2 Å². The summed E-state index contributed by atoms with van der Waals surface area (Å²) in [5.74, 6) is 0. The van der Waals surface area contributed by atoms with E-state index < -0.39 is 20.1 Å². The summed E-state index contributed by atoms with van der Waals surface area (Å²) in [7, 11) is -9.35. The Morgan fingerprint density at radius 2 is 1.83 bits per heavy atom. The molecule has 3 N–H and O–H groups in total. The Hall–Kier alpha value is 0.170. The lowest BCUT2D eigenvalue weighted by atomic mass is 11.2. The van der Waals surface area contributed by atoms with E-state index in [-0.39, 0.29) is 0 Å². The summed E-state index contributed by atoms with van der Waals surface area (Å²) >= 11 is 4.98. The van der Waals surface area contributed by atoms with Crippen molar-refractivity contribution in [3.8, 4) is 0 Å². The zero-order valence-electron chi connectivity index (χ0n) is 5.70. The van der Waals surface area contributed by atoms with E-state index in [0.29, 0.717) is 6.26 Å². The molecule has 0 amide bonds. The highest BCUT2D eigenvalue weighted by Gasteiger charge is 2.44. The Morgan fingerprint density at radius 3 is 2.08 bits per heavy atom. The third-order valence-corrected chi connectivity index (χ3v) is 5.60. The van der Waals surface area contributed by atoms with E-state index in [1.807, 2.05) is 0 Å². The van der Waals surface area contributed by atoms with Crippen LogP contribution in [0.2, 0.25) is 0 Å². The predicted octanol–water partition coefficient (Wildman–Crippen LogP) is 1.03. The highest BCUT2D eigenvalue weighted by atomic mass is 35.5. The molecule has 0 bridgehead atoms. The summed E-state index contributed by atoms with van der Waals surface area (Å²) in [6.45, 7) is 2.94. The Kier molecular flexibility index (Phi) is 3.97. The second kappa shape index (κ2) is 3.92. The lowest BCUT2D eigenvalue weighted by molar-refractivity contribution is 0.336. The fourth-order valence-corrected chi connectivity index (χ4v) is 2.48. The summed E-state index contributed by atoms with van der Waals surface area (Å²) in [6.07, 6.45) is 0.589. The van der Waals surface area contributed by atoms with E-state index in [1.54, 1.807) is 0 Å². The predicted molar refractivity (Wildman–Crippen MR) is 42.8 cm³/mol. The Bertz CT molecular complexity index is 258. The monoisotopic (exact) mass is 236 g/mol. The smallest absolute Gasteiger partial charge is 0.406 e. The van der Waals surface area contributed by atoms with Crippen molar-refractivity contribution in [2.45, 2.75) is 4.86 Å². The van der Waals surface area contributed by atoms with Gasteiger partial charge in [0.2, 0.25) is 4.86 Å². The molecule has 0 aromatic heterocycles. The van der Waals surface area contributed by atoms with Gasteiger partial charge in [-0.05, 0) is 0 Å². The summed E-state index contributed by atoms with van der Waals surface area (Å²) in [6, 6.07) is 0. The first-order valence-electron chi connectivity index (χ1n) is 2.53. The van der Waals surface area contributed by atoms with Crippen molar-refractivity contribution in [1.82, 2.24) is 0 Å². The van der Waals surface area contributed by atoms with Crippen LogP contribution in [0.5, 0.6) is 0 Å². The molecular weight excluding hydrogens is 229 g/mol. The van der Waals surface area contributed by atoms with Crippen molar-refractivity contribution in [3.05, 3.63) is 12.8 Å². The van der Waals surface area contributed by atoms with Gasteiger partial charge in [-0.3, -0.25) is 4.57 Å². The van der Waals surface area contributed by atoms with Crippen LogP contribution in [-0.4, -0.2) is 19.5 Å². The molecular formula is C3H7ClO6P2. The van der Waals surface area contributed by atoms with Crippen LogP contribution in [0.3, 0.4) is 0 Å². The number of alkyl halides is 1. The van der Waals surface area contributed by atoms with Crippen LogP contribution in [0.25, 0.3) is 0 Å². The third-order valence-electron chi connectivity index (χ3n) is 0.772. The molecule has 0 aliphatic rings. The molecule has 0 aliphatic carbocycles. The number of hydrogen-bond donors (Lipinski definition) is 3. The SMILES string of the molecule is C=COP(=O)(O)C(Cl)P(=O)(O)O. The standard InChI is InChI=1S/C3H7ClO6P2/c1-2-10-12(8,9)3(4)11(5,6)7/h2-3H,1H2,(H,8,9)(H2,5,6,7). The summed E-state index contributed by atoms with van der Waals surface area (Å²) in [5, 5.41) is 0. The Balaban J connectivity index is 4.69. The lowest BCUT2D eigenvalue weighted by Crippen LogP contribution is -2.01. The van der Waals surface area contributed by atoms with E-state index in [1.165, 1.54) is 0 Å². The molecule has 0 fully saturated rings. The van der Waals surface area contributed by atoms with E-state index >= 15 is 0 Å². The van der Waals surface area contributed by atoms with Crippen molar-refractivity contribution < 1.29 is 28.3 Å². The quantitative estimate of drug-likeness (QED) is 0.383. The average Bonchev–Trinajstić information content (AvgIpc) is 1.84. The van der Waals surface area contributed by atoms with E-state index in [4.69, 9.17) is 26.3 Å². The number of hydrogen-bond acceptors (Lipinski definition) is 3. The first kappa shape index (κ1) is 12.2. The maximum Gasteiger partial charge on any atom is 0.406 e. The van der Waals surface area contributed by atoms with Crippen molar-refractivity contribution >= 4 is 26.8 Å². The minimum atomic E-state index is -4.83. The van der Waals surface area contributed by atoms with Crippen molar-refractivity contribution in [1.29, 1.82) is 0 Å². The van der Waals surface area contributed by atoms with E-state index in [2.05, 4.69) is 11.1 Å². The third kappa shape index (κ3) is 3.27. The molecule has 0 saturated heterocycles. The molecule has 2 unspecified atom stereocenters. The molecule has 0 radical (unpaired) electrons. The van der Waals surface area contributed by atoms with Gasteiger partial charge in [0.1, 0.15) is 0 Å². The fourth-order valence-electron chi connectivity index (χ4n) is 0.347. The van der Waals surface area contributed by atoms with Gasteiger partial charge in [0.05, 0.1) is 6.26 Å². The van der Waals surface area contributed by atoms with Gasteiger partial charge in [-0.2, -0.15) is 0 Å². The Labute approximate surface area is 73.5 Å². The second-order valence-electron chi connectivity index (χ2n) is 1.74. The first-order valence-corrected chi connectivity index (χ1v) is 6.29. The van der Waals surface area contributed by atoms with Gasteiger partial charge < -0.3 is 19.2 Å². The molecule has 0 aliphatic heterocycles. The van der Waals surface area contributed by atoms with Gasteiger partial charge in [0.15, 0.2) is 0 Å². The van der Waals surface area contributed by atoms with Crippen molar-refractivity contribution in [3.63, 3.8) is 0 Å². The van der Waals surface area contributed by atoms with Gasteiger partial charge in [-0.15, -0.1) is 0 Å². The van der Waals surface area contributed by atoms with Crippen LogP contribution in [0, 0.1) is 0 Å². The Morgan fingerprint density at radius 1 is 1.42 bits per heavy atom. The zero-order valence-corrected chi connectivity index (χ0v) is 8.25. The molecule has 12 heavy (non-hydrogen) atoms. The lowest BCUT2D eigenvalue weighted by Gasteiger charge is -2.16. The van der Waals surface area contributed by atoms with Crippen molar-refractivity contribution in [2.75, 3.05) is 0 Å². The van der Waals surface area contributed by atoms with Crippen LogP contribution >= 0.6 is 26.8 Å². The molecule has 9 heteroatoms. The number of halogens is 1. The van der Waals surface area contributed by atoms with Gasteiger partial charge in [0.25, 0.3) is 0 Å². The molecule has 0 rings (SSSR count). The van der Waals surface area contributed by atoms with Crippen LogP contribution in [-0.2, 0) is 13.7 Å². The molecule has 2 atom stereocenters. The normalized spacial score (nSPS) is 19.3. The average molecular weight is 236 g/mol. The van der Waals surface area contributed by atoms with Crippen molar-refractivity contribution in [2.24, 2.45) is 0 Å². The molecule has 6 nitrogen and oxygen atoms in total. The largest absolute Gasteiger partial charge is 0.432 e. The maximum absolute atomic E-state index is 10.8. The van der Waals surface area contributed by atoms with Crippen LogP contribution < -0.4 is 0 Å². The van der Waals surface area contributed by atoms with Gasteiger partial charge in [0, 0.05) is 0 Å². The topological polar surface area (TPSA) is 104 Å². The minimum Gasteiger partial charge on any atom is -0.432 e. The molecule has 0 heterocycles. The van der Waals surface area contributed by atoms with Gasteiger partial charge >= 0.3 is 15.2 Å².